The van der Waals surface area contributed by atoms with Crippen molar-refractivity contribution in [2.45, 2.75) is 12.8 Å². The number of nitrogens with one attached hydrogen (secondary N) is 1. The summed E-state index contributed by atoms with van der Waals surface area (Å²) in [5.41, 5.74) is 3.47. The number of hydrogen-bond acceptors (Lipinski definition) is 3. The fourth-order valence-corrected chi connectivity index (χ4v) is 3.10. The van der Waals surface area contributed by atoms with E-state index in [4.69, 9.17) is 0 Å². The van der Waals surface area contributed by atoms with Crippen LogP contribution in [0, 0.1) is 0 Å². The quantitative estimate of drug-likeness (QED) is 0.658. The first kappa shape index (κ1) is 17.9. The summed E-state index contributed by atoms with van der Waals surface area (Å²) in [5, 5.41) is 3.20. The number of aromatic nitrogens is 1. The molecule has 1 N–H and O–H groups in total. The van der Waals surface area contributed by atoms with Gasteiger partial charge in [-0.05, 0) is 30.2 Å². The van der Waals surface area contributed by atoms with Crippen molar-refractivity contribution in [2.24, 2.45) is 4.99 Å². The number of hydrogen-bond donors (Lipinski definition) is 1. The van der Waals surface area contributed by atoms with Crippen molar-refractivity contribution in [3.8, 4) is 0 Å². The number of amides is 1. The second kappa shape index (κ2) is 8.47. The van der Waals surface area contributed by atoms with Crippen molar-refractivity contribution in [1.29, 1.82) is 0 Å². The number of carbonyl (C=O) groups excluding carboxylic acids is 1. The maximum Gasteiger partial charge on any atom is 0.241 e. The molecule has 6 nitrogen and oxygen atoms in total. The largest absolute Gasteiger partial charge is 0.347 e. The van der Waals surface area contributed by atoms with E-state index in [1.807, 2.05) is 31.3 Å². The minimum atomic E-state index is 0.0366. The summed E-state index contributed by atoms with van der Waals surface area (Å²) in [6, 6.07) is 14.1. The Labute approximate surface area is 154 Å². The molecule has 1 aliphatic rings. The Morgan fingerprint density at radius 3 is 2.85 bits per heavy atom. The maximum absolute atomic E-state index is 12.4. The molecular formula is C20H25N5O. The first-order chi connectivity index (χ1) is 12.7. The van der Waals surface area contributed by atoms with E-state index in [1.54, 1.807) is 18.1 Å². The van der Waals surface area contributed by atoms with Gasteiger partial charge in [0, 0.05) is 51.2 Å². The number of para-hydroxylation sites is 1. The molecule has 0 saturated carbocycles. The van der Waals surface area contributed by atoms with Crippen molar-refractivity contribution >= 4 is 17.6 Å². The molecule has 1 aliphatic heterocycles. The van der Waals surface area contributed by atoms with E-state index in [1.165, 1.54) is 5.56 Å². The molecule has 0 aliphatic carbocycles. The number of anilines is 1. The van der Waals surface area contributed by atoms with Crippen molar-refractivity contribution in [2.75, 3.05) is 38.6 Å². The third-order valence-corrected chi connectivity index (χ3v) is 4.61. The van der Waals surface area contributed by atoms with Crippen LogP contribution in [0.15, 0.2) is 53.7 Å². The van der Waals surface area contributed by atoms with Gasteiger partial charge in [0.05, 0.1) is 6.54 Å². The Morgan fingerprint density at radius 1 is 1.27 bits per heavy atom. The number of benzene rings is 1. The lowest BCUT2D eigenvalue weighted by molar-refractivity contribution is -0.128. The SMILES string of the molecule is CN=C(NCC(=O)N(C)CCc1ccccn1)N1CCc2ccccc21. The van der Waals surface area contributed by atoms with Crippen LogP contribution >= 0.6 is 0 Å². The van der Waals surface area contributed by atoms with E-state index in [9.17, 15) is 4.79 Å². The van der Waals surface area contributed by atoms with Crippen molar-refractivity contribution in [3.63, 3.8) is 0 Å². The molecule has 1 amide bonds. The summed E-state index contributed by atoms with van der Waals surface area (Å²) in [7, 11) is 3.57. The first-order valence-electron chi connectivity index (χ1n) is 8.89. The van der Waals surface area contributed by atoms with Gasteiger partial charge in [0.15, 0.2) is 5.96 Å². The molecule has 0 radical (unpaired) electrons. The third-order valence-electron chi connectivity index (χ3n) is 4.61. The highest BCUT2D eigenvalue weighted by Crippen LogP contribution is 2.27. The highest BCUT2D eigenvalue weighted by Gasteiger charge is 2.23. The average Bonchev–Trinajstić information content (AvgIpc) is 3.11. The lowest BCUT2D eigenvalue weighted by atomic mass is 10.2. The zero-order valence-corrected chi connectivity index (χ0v) is 15.4. The van der Waals surface area contributed by atoms with Crippen molar-refractivity contribution < 1.29 is 4.79 Å². The Balaban J connectivity index is 1.51. The van der Waals surface area contributed by atoms with Gasteiger partial charge in [-0.25, -0.2) is 0 Å². The van der Waals surface area contributed by atoms with Gasteiger partial charge < -0.3 is 15.1 Å². The number of rotatable bonds is 5. The van der Waals surface area contributed by atoms with Gasteiger partial charge in [-0.1, -0.05) is 24.3 Å². The number of guanidine groups is 1. The number of nitrogens with zero attached hydrogens (tertiary/aromatic N) is 4. The maximum atomic E-state index is 12.4. The van der Waals surface area contributed by atoms with Gasteiger partial charge in [0.2, 0.25) is 5.91 Å². The smallest absolute Gasteiger partial charge is 0.241 e. The number of aliphatic imine (C=N–C) groups is 1. The van der Waals surface area contributed by atoms with Crippen LogP contribution in [-0.4, -0.2) is 55.5 Å². The monoisotopic (exact) mass is 351 g/mol. The molecule has 0 spiro atoms. The average molecular weight is 351 g/mol. The molecule has 26 heavy (non-hydrogen) atoms. The summed E-state index contributed by atoms with van der Waals surface area (Å²) in [6.07, 6.45) is 3.52. The van der Waals surface area contributed by atoms with E-state index in [-0.39, 0.29) is 12.5 Å². The van der Waals surface area contributed by atoms with Gasteiger partial charge in [-0.2, -0.15) is 0 Å². The van der Waals surface area contributed by atoms with Gasteiger partial charge in [-0.3, -0.25) is 14.8 Å². The molecular weight excluding hydrogens is 326 g/mol. The highest BCUT2D eigenvalue weighted by molar-refractivity contribution is 5.99. The second-order valence-corrected chi connectivity index (χ2v) is 6.32. The molecule has 1 aromatic heterocycles. The zero-order chi connectivity index (χ0) is 18.4. The van der Waals surface area contributed by atoms with Crippen LogP contribution in [0.3, 0.4) is 0 Å². The summed E-state index contributed by atoms with van der Waals surface area (Å²) in [6.45, 7) is 1.75. The molecule has 136 valence electrons. The van der Waals surface area contributed by atoms with E-state index in [0.29, 0.717) is 6.54 Å². The number of carbonyl (C=O) groups is 1. The molecule has 2 heterocycles. The summed E-state index contributed by atoms with van der Waals surface area (Å²) < 4.78 is 0. The van der Waals surface area contributed by atoms with E-state index in [2.05, 4.69) is 38.4 Å². The van der Waals surface area contributed by atoms with Gasteiger partial charge >= 0.3 is 0 Å². The van der Waals surface area contributed by atoms with Crippen molar-refractivity contribution in [1.82, 2.24) is 15.2 Å². The minimum Gasteiger partial charge on any atom is -0.347 e. The predicted octanol–water partition coefficient (Wildman–Crippen LogP) is 1.72. The Morgan fingerprint density at radius 2 is 2.08 bits per heavy atom. The topological polar surface area (TPSA) is 60.8 Å². The third kappa shape index (κ3) is 4.20. The van der Waals surface area contributed by atoms with Crippen molar-refractivity contribution in [3.05, 3.63) is 59.9 Å². The van der Waals surface area contributed by atoms with Crippen LogP contribution in [-0.2, 0) is 17.6 Å². The lowest BCUT2D eigenvalue weighted by Crippen LogP contribution is -2.45. The Kier molecular flexibility index (Phi) is 5.84. The summed E-state index contributed by atoms with van der Waals surface area (Å²) in [4.78, 5) is 24.9. The van der Waals surface area contributed by atoms with Gasteiger partial charge in [0.1, 0.15) is 0 Å². The standard InChI is InChI=1S/C20H25N5O/c1-21-20(25-14-10-16-7-3-4-9-18(16)25)23-15-19(26)24(2)13-11-17-8-5-6-12-22-17/h3-9,12H,10-11,13-15H2,1-2H3,(H,21,23). The van der Waals surface area contributed by atoms with Crippen LogP contribution < -0.4 is 10.2 Å². The minimum absolute atomic E-state index is 0.0366. The molecule has 0 unspecified atom stereocenters. The fraction of sp³-hybridized carbons (Fsp3) is 0.350. The number of likely N-dealkylation sites (N-methyl/N-ethyl adjacent to an activating group) is 1. The molecule has 0 fully saturated rings. The predicted molar refractivity (Wildman–Crippen MR) is 104 cm³/mol. The van der Waals surface area contributed by atoms with Gasteiger partial charge in [-0.15, -0.1) is 0 Å². The summed E-state index contributed by atoms with van der Waals surface area (Å²) >= 11 is 0. The molecule has 1 aromatic carbocycles. The Bertz CT molecular complexity index is 775. The summed E-state index contributed by atoms with van der Waals surface area (Å²) in [5.74, 6) is 0.774. The normalized spacial score (nSPS) is 13.5. The second-order valence-electron chi connectivity index (χ2n) is 6.32. The highest BCUT2D eigenvalue weighted by atomic mass is 16.2. The lowest BCUT2D eigenvalue weighted by Gasteiger charge is -2.23. The first-order valence-corrected chi connectivity index (χ1v) is 8.89. The van der Waals surface area contributed by atoms with E-state index in [0.717, 1.165) is 36.7 Å². The molecule has 6 heteroatoms. The molecule has 2 aromatic rings. The van der Waals surface area contributed by atoms with Crippen LogP contribution in [0.1, 0.15) is 11.3 Å². The van der Waals surface area contributed by atoms with Gasteiger partial charge in [0.25, 0.3) is 0 Å². The fourth-order valence-electron chi connectivity index (χ4n) is 3.10. The Hall–Kier alpha value is -2.89. The van der Waals surface area contributed by atoms with E-state index >= 15 is 0 Å². The molecule has 0 bridgehead atoms. The van der Waals surface area contributed by atoms with E-state index < -0.39 is 0 Å². The molecule has 0 saturated heterocycles. The number of fused-ring (bicyclic) bond motifs is 1. The van der Waals surface area contributed by atoms with Crippen LogP contribution in [0.4, 0.5) is 5.69 Å². The zero-order valence-electron chi connectivity index (χ0n) is 15.4. The number of pyridine rings is 1. The van der Waals surface area contributed by atoms with Crippen LogP contribution in [0.5, 0.6) is 0 Å². The molecule has 0 atom stereocenters. The van der Waals surface area contributed by atoms with Crippen LogP contribution in [0.2, 0.25) is 0 Å². The van der Waals surface area contributed by atoms with Crippen LogP contribution in [0.25, 0.3) is 0 Å². The molecule has 3 rings (SSSR count).